The minimum atomic E-state index is -0.402. The Morgan fingerprint density at radius 3 is 2.66 bits per heavy atom. The van der Waals surface area contributed by atoms with Crippen molar-refractivity contribution in [1.29, 1.82) is 5.26 Å². The molecule has 0 aromatic heterocycles. The summed E-state index contributed by atoms with van der Waals surface area (Å²) in [6.45, 7) is 2.42. The van der Waals surface area contributed by atoms with E-state index in [4.69, 9.17) is 9.47 Å². The summed E-state index contributed by atoms with van der Waals surface area (Å²) in [5.74, 6) is 0.255. The molecule has 0 saturated carbocycles. The van der Waals surface area contributed by atoms with Crippen LogP contribution in [0.3, 0.4) is 0 Å². The van der Waals surface area contributed by atoms with Crippen LogP contribution in [-0.2, 0) is 11.3 Å². The summed E-state index contributed by atoms with van der Waals surface area (Å²) in [6.07, 6.45) is 2.68. The fourth-order valence-electron chi connectivity index (χ4n) is 3.40. The number of carbonyl (C=O) groups excluding carboxylic acids is 2. The number of anilines is 1. The van der Waals surface area contributed by atoms with E-state index in [1.807, 2.05) is 37.4 Å². The van der Waals surface area contributed by atoms with Crippen molar-refractivity contribution in [2.75, 3.05) is 18.6 Å². The fraction of sp³-hybridized carbons (Fsp3) is 0.318. The number of rotatable bonds is 7. The topological polar surface area (TPSA) is 82.9 Å². The average Bonchev–Trinajstić information content (AvgIpc) is 2.77. The average molecular weight is 393 g/mol. The molecule has 0 radical (unpaired) electrons. The Labute approximate surface area is 170 Å². The number of hydrogen-bond donors (Lipinski definition) is 0. The molecule has 7 heteroatoms. The highest BCUT2D eigenvalue weighted by atomic mass is 16.6. The standard InChI is InChI=1S/C22H23N3O4/c1-3-18(25-20-7-5-4-6-17(20)14-29-22(25)27)12-13-24(15-23)21(26)16-8-10-19(28-2)11-9-16/h4-11,18H,3,12-14H2,1-2H3. The second-order valence-electron chi connectivity index (χ2n) is 6.69. The maximum absolute atomic E-state index is 12.7. The summed E-state index contributed by atoms with van der Waals surface area (Å²) >= 11 is 0. The molecule has 0 bridgehead atoms. The van der Waals surface area contributed by atoms with Crippen LogP contribution in [0.1, 0.15) is 35.7 Å². The van der Waals surface area contributed by atoms with Crippen LogP contribution in [0.25, 0.3) is 0 Å². The molecule has 1 atom stereocenters. The van der Waals surface area contributed by atoms with Gasteiger partial charge in [0, 0.05) is 23.7 Å². The van der Waals surface area contributed by atoms with Crippen LogP contribution >= 0.6 is 0 Å². The number of ether oxygens (including phenoxy) is 2. The SMILES string of the molecule is CCC(CCN(C#N)C(=O)c1ccc(OC)cc1)N1C(=O)OCc2ccccc21. The van der Waals surface area contributed by atoms with Gasteiger partial charge in [-0.3, -0.25) is 9.69 Å². The molecule has 1 unspecified atom stereocenters. The zero-order valence-corrected chi connectivity index (χ0v) is 16.5. The van der Waals surface area contributed by atoms with Crippen LogP contribution in [0.2, 0.25) is 0 Å². The first-order chi connectivity index (χ1) is 14.1. The predicted octanol–water partition coefficient (Wildman–Crippen LogP) is 3.94. The zero-order chi connectivity index (χ0) is 20.8. The van der Waals surface area contributed by atoms with Gasteiger partial charge in [-0.25, -0.2) is 9.69 Å². The quantitative estimate of drug-likeness (QED) is 0.525. The van der Waals surface area contributed by atoms with E-state index in [-0.39, 0.29) is 25.1 Å². The number of nitrogens with zero attached hydrogens (tertiary/aromatic N) is 3. The smallest absolute Gasteiger partial charge is 0.414 e. The van der Waals surface area contributed by atoms with E-state index in [9.17, 15) is 14.9 Å². The van der Waals surface area contributed by atoms with Gasteiger partial charge in [-0.2, -0.15) is 5.26 Å². The third-order valence-corrected chi connectivity index (χ3v) is 5.02. The van der Waals surface area contributed by atoms with Crippen molar-refractivity contribution < 1.29 is 19.1 Å². The van der Waals surface area contributed by atoms with E-state index in [0.29, 0.717) is 24.2 Å². The number of hydrogen-bond acceptors (Lipinski definition) is 5. The van der Waals surface area contributed by atoms with Crippen LogP contribution in [-0.4, -0.2) is 36.6 Å². The third kappa shape index (κ3) is 4.32. The molecule has 29 heavy (non-hydrogen) atoms. The number of nitriles is 1. The number of para-hydroxylation sites is 1. The lowest BCUT2D eigenvalue weighted by molar-refractivity contribution is 0.0828. The maximum Gasteiger partial charge on any atom is 0.414 e. The molecule has 0 saturated heterocycles. The molecule has 0 aliphatic carbocycles. The monoisotopic (exact) mass is 393 g/mol. The van der Waals surface area contributed by atoms with Gasteiger partial charge in [0.2, 0.25) is 0 Å². The van der Waals surface area contributed by atoms with Gasteiger partial charge in [-0.1, -0.05) is 25.1 Å². The maximum atomic E-state index is 12.7. The third-order valence-electron chi connectivity index (χ3n) is 5.02. The van der Waals surface area contributed by atoms with E-state index in [1.165, 1.54) is 0 Å². The van der Waals surface area contributed by atoms with Crippen LogP contribution < -0.4 is 9.64 Å². The molecule has 7 nitrogen and oxygen atoms in total. The molecule has 0 N–H and O–H groups in total. The van der Waals surface area contributed by atoms with Crippen LogP contribution in [0.4, 0.5) is 10.5 Å². The largest absolute Gasteiger partial charge is 0.497 e. The Hall–Kier alpha value is -3.53. The van der Waals surface area contributed by atoms with E-state index in [2.05, 4.69) is 0 Å². The van der Waals surface area contributed by atoms with Crippen molar-refractivity contribution in [1.82, 2.24) is 4.90 Å². The highest BCUT2D eigenvalue weighted by molar-refractivity contribution is 5.95. The summed E-state index contributed by atoms with van der Waals surface area (Å²) in [5, 5.41) is 9.49. The Balaban J connectivity index is 1.73. The first-order valence-corrected chi connectivity index (χ1v) is 9.48. The predicted molar refractivity (Wildman–Crippen MR) is 107 cm³/mol. The molecule has 2 amide bonds. The van der Waals surface area contributed by atoms with Gasteiger partial charge in [0.25, 0.3) is 5.91 Å². The summed E-state index contributed by atoms with van der Waals surface area (Å²) in [7, 11) is 1.55. The highest BCUT2D eigenvalue weighted by Crippen LogP contribution is 2.30. The van der Waals surface area contributed by atoms with Gasteiger partial charge in [0.05, 0.1) is 12.8 Å². The minimum Gasteiger partial charge on any atom is -0.497 e. The van der Waals surface area contributed by atoms with Crippen molar-refractivity contribution in [3.05, 3.63) is 59.7 Å². The van der Waals surface area contributed by atoms with Crippen molar-refractivity contribution in [2.45, 2.75) is 32.4 Å². The number of cyclic esters (lactones) is 1. The first-order valence-electron chi connectivity index (χ1n) is 9.48. The van der Waals surface area contributed by atoms with Gasteiger partial charge in [0.15, 0.2) is 6.19 Å². The van der Waals surface area contributed by atoms with Gasteiger partial charge < -0.3 is 9.47 Å². The Morgan fingerprint density at radius 2 is 2.00 bits per heavy atom. The Bertz CT molecular complexity index is 920. The molecule has 1 heterocycles. The number of methoxy groups -OCH3 is 1. The van der Waals surface area contributed by atoms with Crippen molar-refractivity contribution >= 4 is 17.7 Å². The summed E-state index contributed by atoms with van der Waals surface area (Å²) in [6, 6.07) is 14.0. The van der Waals surface area contributed by atoms with E-state index in [0.717, 1.165) is 16.2 Å². The molecule has 2 aromatic carbocycles. The van der Waals surface area contributed by atoms with Crippen LogP contribution in [0.15, 0.2) is 48.5 Å². The van der Waals surface area contributed by atoms with Gasteiger partial charge in [-0.05, 0) is 43.2 Å². The van der Waals surface area contributed by atoms with Gasteiger partial charge >= 0.3 is 6.09 Å². The molecular formula is C22H23N3O4. The van der Waals surface area contributed by atoms with Crippen molar-refractivity contribution in [3.8, 4) is 11.9 Å². The molecule has 1 aliphatic heterocycles. The van der Waals surface area contributed by atoms with E-state index in [1.54, 1.807) is 36.3 Å². The van der Waals surface area contributed by atoms with Gasteiger partial charge in [0.1, 0.15) is 12.4 Å². The van der Waals surface area contributed by atoms with Gasteiger partial charge in [-0.15, -0.1) is 0 Å². The normalized spacial score (nSPS) is 13.7. The molecule has 0 spiro atoms. The van der Waals surface area contributed by atoms with E-state index < -0.39 is 6.09 Å². The number of amides is 2. The van der Waals surface area contributed by atoms with Crippen molar-refractivity contribution in [3.63, 3.8) is 0 Å². The summed E-state index contributed by atoms with van der Waals surface area (Å²) in [5.41, 5.74) is 2.17. The zero-order valence-electron chi connectivity index (χ0n) is 16.5. The molecule has 150 valence electrons. The Kier molecular flexibility index (Phi) is 6.35. The second-order valence-corrected chi connectivity index (χ2v) is 6.69. The minimum absolute atomic E-state index is 0.191. The fourth-order valence-corrected chi connectivity index (χ4v) is 3.40. The molecular weight excluding hydrogens is 370 g/mol. The summed E-state index contributed by atoms with van der Waals surface area (Å²) in [4.78, 5) is 27.9. The second kappa shape index (κ2) is 9.11. The molecule has 3 rings (SSSR count). The molecule has 2 aromatic rings. The number of benzene rings is 2. The lowest BCUT2D eigenvalue weighted by Crippen LogP contribution is -2.45. The first kappa shape index (κ1) is 20.2. The lowest BCUT2D eigenvalue weighted by Gasteiger charge is -2.35. The lowest BCUT2D eigenvalue weighted by atomic mass is 10.0. The summed E-state index contributed by atoms with van der Waals surface area (Å²) < 4.78 is 10.4. The number of fused-ring (bicyclic) bond motifs is 1. The van der Waals surface area contributed by atoms with Crippen LogP contribution in [0.5, 0.6) is 5.75 Å². The van der Waals surface area contributed by atoms with Crippen LogP contribution in [0, 0.1) is 11.5 Å². The molecule has 0 fully saturated rings. The highest BCUT2D eigenvalue weighted by Gasteiger charge is 2.31. The Morgan fingerprint density at radius 1 is 1.28 bits per heavy atom. The van der Waals surface area contributed by atoms with Crippen molar-refractivity contribution in [2.24, 2.45) is 0 Å². The van der Waals surface area contributed by atoms with E-state index >= 15 is 0 Å². The number of carbonyl (C=O) groups is 2. The molecule has 1 aliphatic rings.